The number of anilines is 1. The number of nitrogens with zero attached hydrogens (tertiary/aromatic N) is 2. The molecule has 2 aromatic carbocycles. The number of Topliss-reactive ketones (excluding diaryl/α,β-unsaturated/α-hetero) is 1. The van der Waals surface area contributed by atoms with Crippen LogP contribution in [-0.4, -0.2) is 40.8 Å². The number of phenolic OH excluding ortho intramolecular Hbond substituents is 1. The standard InChI is InChI=1S/C24H22N2O7/c1-4-32-16-8-5-14(6-9-16)22(28)20-21(15-7-10-17(27)18(12-15)31-3)26(24(30)23(20)29)19-11-13(2)33-25-19/h5-12,21,27-28H,4H2,1-3H3/b22-20+/t21-/m1/s1. The van der Waals surface area contributed by atoms with Gasteiger partial charge in [-0.05, 0) is 55.8 Å². The minimum Gasteiger partial charge on any atom is -0.507 e. The van der Waals surface area contributed by atoms with E-state index in [1.54, 1.807) is 37.3 Å². The van der Waals surface area contributed by atoms with E-state index in [9.17, 15) is 19.8 Å². The maximum atomic E-state index is 13.1. The first-order chi connectivity index (χ1) is 15.8. The number of aromatic nitrogens is 1. The number of benzene rings is 2. The van der Waals surface area contributed by atoms with Gasteiger partial charge in [0.25, 0.3) is 5.78 Å². The zero-order valence-corrected chi connectivity index (χ0v) is 18.2. The van der Waals surface area contributed by atoms with Crippen molar-refractivity contribution in [3.05, 3.63) is 71.0 Å². The number of aryl methyl sites for hydroxylation is 1. The molecule has 2 N–H and O–H groups in total. The van der Waals surface area contributed by atoms with Gasteiger partial charge in [-0.3, -0.25) is 14.5 Å². The Morgan fingerprint density at radius 1 is 1.15 bits per heavy atom. The maximum absolute atomic E-state index is 13.1. The molecule has 1 aliphatic rings. The van der Waals surface area contributed by atoms with Crippen LogP contribution in [0.2, 0.25) is 0 Å². The molecule has 9 heteroatoms. The summed E-state index contributed by atoms with van der Waals surface area (Å²) in [6.07, 6.45) is 0. The summed E-state index contributed by atoms with van der Waals surface area (Å²) in [6.45, 7) is 3.99. The van der Waals surface area contributed by atoms with Gasteiger partial charge in [0.05, 0.1) is 25.3 Å². The highest BCUT2D eigenvalue weighted by Gasteiger charge is 2.48. The molecule has 0 saturated carbocycles. The van der Waals surface area contributed by atoms with Gasteiger partial charge in [-0.2, -0.15) is 0 Å². The largest absolute Gasteiger partial charge is 0.507 e. The molecule has 1 saturated heterocycles. The minimum absolute atomic E-state index is 0.109. The summed E-state index contributed by atoms with van der Waals surface area (Å²) < 4.78 is 15.7. The lowest BCUT2D eigenvalue weighted by atomic mass is 9.95. The topological polar surface area (TPSA) is 122 Å². The molecule has 1 aliphatic heterocycles. The molecule has 0 aliphatic carbocycles. The first kappa shape index (κ1) is 21.9. The summed E-state index contributed by atoms with van der Waals surface area (Å²) >= 11 is 0. The van der Waals surface area contributed by atoms with E-state index in [1.807, 2.05) is 6.92 Å². The smallest absolute Gasteiger partial charge is 0.301 e. The van der Waals surface area contributed by atoms with Crippen molar-refractivity contribution in [2.24, 2.45) is 0 Å². The Hall–Kier alpha value is -4.27. The number of phenols is 1. The molecule has 4 rings (SSSR count). The van der Waals surface area contributed by atoms with E-state index in [2.05, 4.69) is 5.16 Å². The highest BCUT2D eigenvalue weighted by Crippen LogP contribution is 2.43. The highest BCUT2D eigenvalue weighted by molar-refractivity contribution is 6.51. The molecule has 3 aromatic rings. The van der Waals surface area contributed by atoms with Gasteiger partial charge in [-0.15, -0.1) is 0 Å². The summed E-state index contributed by atoms with van der Waals surface area (Å²) in [5.74, 6) is -0.884. The zero-order valence-electron chi connectivity index (χ0n) is 18.2. The van der Waals surface area contributed by atoms with Crippen molar-refractivity contribution >= 4 is 23.3 Å². The van der Waals surface area contributed by atoms with Crippen LogP contribution in [0.5, 0.6) is 17.2 Å². The van der Waals surface area contributed by atoms with E-state index < -0.39 is 17.7 Å². The van der Waals surface area contributed by atoms with Gasteiger partial charge in [-0.25, -0.2) is 0 Å². The third-order valence-corrected chi connectivity index (χ3v) is 5.27. The number of carbonyl (C=O) groups is 2. The third-order valence-electron chi connectivity index (χ3n) is 5.27. The predicted molar refractivity (Wildman–Crippen MR) is 118 cm³/mol. The number of methoxy groups -OCH3 is 1. The van der Waals surface area contributed by atoms with E-state index >= 15 is 0 Å². The Kier molecular flexibility index (Phi) is 5.78. The summed E-state index contributed by atoms with van der Waals surface area (Å²) in [6, 6.07) is 11.4. The van der Waals surface area contributed by atoms with Gasteiger partial charge in [0.1, 0.15) is 17.3 Å². The van der Waals surface area contributed by atoms with Crippen molar-refractivity contribution in [3.8, 4) is 17.2 Å². The molecular formula is C24H22N2O7. The lowest BCUT2D eigenvalue weighted by Crippen LogP contribution is -2.29. The van der Waals surface area contributed by atoms with Crippen molar-refractivity contribution < 1.29 is 33.8 Å². The van der Waals surface area contributed by atoms with E-state index in [-0.39, 0.29) is 28.6 Å². The number of hydrogen-bond acceptors (Lipinski definition) is 8. The van der Waals surface area contributed by atoms with Crippen molar-refractivity contribution in [2.45, 2.75) is 19.9 Å². The number of rotatable bonds is 6. The minimum atomic E-state index is -1.03. The van der Waals surface area contributed by atoms with Gasteiger partial charge in [0.2, 0.25) is 0 Å². The van der Waals surface area contributed by atoms with Crippen molar-refractivity contribution in [3.63, 3.8) is 0 Å². The molecule has 2 heterocycles. The molecule has 1 fully saturated rings. The van der Waals surface area contributed by atoms with Crippen molar-refractivity contribution in [1.82, 2.24) is 5.16 Å². The van der Waals surface area contributed by atoms with Crippen LogP contribution < -0.4 is 14.4 Å². The third kappa shape index (κ3) is 3.89. The molecule has 9 nitrogen and oxygen atoms in total. The maximum Gasteiger partial charge on any atom is 0.301 e. The molecule has 1 aromatic heterocycles. The molecule has 170 valence electrons. The summed E-state index contributed by atoms with van der Waals surface area (Å²) in [5, 5.41) is 25.0. The monoisotopic (exact) mass is 450 g/mol. The van der Waals surface area contributed by atoms with Gasteiger partial charge in [0, 0.05) is 11.6 Å². The van der Waals surface area contributed by atoms with E-state index in [4.69, 9.17) is 14.0 Å². The van der Waals surface area contributed by atoms with Gasteiger partial charge >= 0.3 is 5.91 Å². The number of hydrogen-bond donors (Lipinski definition) is 2. The number of ketones is 1. The summed E-state index contributed by atoms with van der Waals surface area (Å²) in [4.78, 5) is 27.3. The Balaban J connectivity index is 1.90. The summed E-state index contributed by atoms with van der Waals surface area (Å²) in [7, 11) is 1.39. The SMILES string of the molecule is CCOc1ccc(/C(O)=C2\C(=O)C(=O)N(c3cc(C)on3)[C@@H]2c2ccc(O)c(OC)c2)cc1. The second-order valence-electron chi connectivity index (χ2n) is 7.35. The first-order valence-corrected chi connectivity index (χ1v) is 10.2. The fourth-order valence-corrected chi connectivity index (χ4v) is 3.75. The van der Waals surface area contributed by atoms with Gasteiger partial charge in [-0.1, -0.05) is 11.2 Å². The normalized spacial score (nSPS) is 17.4. The molecule has 0 unspecified atom stereocenters. The lowest BCUT2D eigenvalue weighted by molar-refractivity contribution is -0.132. The van der Waals surface area contributed by atoms with Crippen molar-refractivity contribution in [2.75, 3.05) is 18.6 Å². The van der Waals surface area contributed by atoms with Crippen LogP contribution in [0.15, 0.2) is 58.6 Å². The fraction of sp³-hybridized carbons (Fsp3) is 0.208. The van der Waals surface area contributed by atoms with Crippen LogP contribution in [0.1, 0.15) is 29.9 Å². The zero-order chi connectivity index (χ0) is 23.7. The van der Waals surface area contributed by atoms with Crippen LogP contribution >= 0.6 is 0 Å². The van der Waals surface area contributed by atoms with E-state index in [0.29, 0.717) is 29.2 Å². The first-order valence-electron chi connectivity index (χ1n) is 10.2. The Morgan fingerprint density at radius 2 is 1.88 bits per heavy atom. The van der Waals surface area contributed by atoms with Crippen LogP contribution in [0.4, 0.5) is 5.82 Å². The number of ether oxygens (including phenoxy) is 2. The van der Waals surface area contributed by atoms with Gasteiger partial charge in [0.15, 0.2) is 17.3 Å². The quantitative estimate of drug-likeness (QED) is 0.331. The molecule has 0 bridgehead atoms. The molecule has 33 heavy (non-hydrogen) atoms. The lowest BCUT2D eigenvalue weighted by Gasteiger charge is -2.23. The second kappa shape index (κ2) is 8.70. The van der Waals surface area contributed by atoms with E-state index in [0.717, 1.165) is 4.90 Å². The van der Waals surface area contributed by atoms with Gasteiger partial charge < -0.3 is 24.2 Å². The molecular weight excluding hydrogens is 428 g/mol. The van der Waals surface area contributed by atoms with Crippen molar-refractivity contribution in [1.29, 1.82) is 0 Å². The van der Waals surface area contributed by atoms with Crippen LogP contribution in [-0.2, 0) is 9.59 Å². The predicted octanol–water partition coefficient (Wildman–Crippen LogP) is 3.72. The number of aliphatic hydroxyl groups excluding tert-OH is 1. The molecule has 1 amide bonds. The fourth-order valence-electron chi connectivity index (χ4n) is 3.75. The Labute approximate surface area is 189 Å². The summed E-state index contributed by atoms with van der Waals surface area (Å²) in [5.41, 5.74) is 0.637. The highest BCUT2D eigenvalue weighted by atomic mass is 16.5. The number of aromatic hydroxyl groups is 1. The second-order valence-corrected chi connectivity index (χ2v) is 7.35. The average molecular weight is 450 g/mol. The average Bonchev–Trinajstić information content (AvgIpc) is 3.35. The van der Waals surface area contributed by atoms with Crippen LogP contribution in [0, 0.1) is 6.92 Å². The van der Waals surface area contributed by atoms with E-state index in [1.165, 1.54) is 25.3 Å². The molecule has 1 atom stereocenters. The number of carbonyl (C=O) groups excluding carboxylic acids is 2. The van der Waals surface area contributed by atoms with Crippen LogP contribution in [0.25, 0.3) is 5.76 Å². The Bertz CT molecular complexity index is 1240. The molecule has 0 radical (unpaired) electrons. The number of aliphatic hydroxyl groups is 1. The molecule has 0 spiro atoms. The van der Waals surface area contributed by atoms with Crippen LogP contribution in [0.3, 0.4) is 0 Å². The Morgan fingerprint density at radius 3 is 2.48 bits per heavy atom. The number of amides is 1.